The Hall–Kier alpha value is -6.20. The van der Waals surface area contributed by atoms with Crippen LogP contribution in [0, 0.1) is 11.6 Å². The highest BCUT2D eigenvalue weighted by Crippen LogP contribution is 2.38. The number of amides is 4. The van der Waals surface area contributed by atoms with Gasteiger partial charge in [0.25, 0.3) is 0 Å². The molecule has 72 heavy (non-hydrogen) atoms. The van der Waals surface area contributed by atoms with Gasteiger partial charge < -0.3 is 20.4 Å². The minimum absolute atomic E-state index is 0.124. The molecule has 5 aromatic carbocycles. The van der Waals surface area contributed by atoms with E-state index in [-0.39, 0.29) is 35.1 Å². The van der Waals surface area contributed by atoms with Crippen LogP contribution in [0.15, 0.2) is 145 Å². The number of halogens is 8. The summed E-state index contributed by atoms with van der Waals surface area (Å²) in [6.07, 6.45) is -8.55. The van der Waals surface area contributed by atoms with E-state index in [0.29, 0.717) is 42.9 Å². The standard InChI is InChI=1S/C23H20F5N3O5S2.C21H26F3N3O5S2/c1-31(22(32)30-20-10-7-15(24)13-19(20)25)12-11-29-38(35,36)21-14-17(8-9-18(21)23(26,27)28)37(33,34)16-5-3-2-4-6-16;1-3-4-12-25-20(28)27(2)14-13-26-34(31,32)19-15-17(10-11-18(19)21(22,23)24)33(29,30)16-8-6-5-7-9-16/h2-10,13-14,29H,11-12H2,1H3,(H,30,32);5-11,15,26H,3-4,12-14H2,1-2H3,(H,25,28). The number of unbranched alkanes of at least 4 members (excludes halogenated alkanes) is 1. The topological polar surface area (TPSA) is 225 Å². The molecule has 0 spiro atoms. The van der Waals surface area contributed by atoms with Crippen LogP contribution in [0.4, 0.5) is 50.4 Å². The largest absolute Gasteiger partial charge is 0.417 e. The fourth-order valence-electron chi connectivity index (χ4n) is 6.09. The first kappa shape index (κ1) is 58.4. The average Bonchev–Trinajstić information content (AvgIpc) is 3.32. The van der Waals surface area contributed by atoms with Crippen LogP contribution in [0.5, 0.6) is 0 Å². The summed E-state index contributed by atoms with van der Waals surface area (Å²) in [5.41, 5.74) is -3.44. The minimum Gasteiger partial charge on any atom is -0.338 e. The van der Waals surface area contributed by atoms with Crippen molar-refractivity contribution in [3.05, 3.63) is 138 Å². The predicted octanol–water partition coefficient (Wildman–Crippen LogP) is 7.52. The molecule has 4 amide bonds. The third-order valence-corrected chi connectivity index (χ3v) is 16.5. The Labute approximate surface area is 410 Å². The lowest BCUT2D eigenvalue weighted by Crippen LogP contribution is -2.42. The second kappa shape index (κ2) is 24.0. The van der Waals surface area contributed by atoms with Gasteiger partial charge in [-0.1, -0.05) is 49.7 Å². The van der Waals surface area contributed by atoms with Gasteiger partial charge in [0.15, 0.2) is 0 Å². The number of nitrogens with one attached hydrogen (secondary N) is 4. The van der Waals surface area contributed by atoms with Crippen molar-refractivity contribution in [3.63, 3.8) is 0 Å². The zero-order chi connectivity index (χ0) is 53.9. The van der Waals surface area contributed by atoms with E-state index in [2.05, 4.69) is 10.6 Å². The van der Waals surface area contributed by atoms with Gasteiger partial charge in [0, 0.05) is 52.9 Å². The molecule has 0 unspecified atom stereocenters. The molecule has 0 aliphatic carbocycles. The number of hydrogen-bond acceptors (Lipinski definition) is 10. The number of nitrogens with zero attached hydrogens (tertiary/aromatic N) is 2. The van der Waals surface area contributed by atoms with Crippen LogP contribution in [0.2, 0.25) is 0 Å². The first-order chi connectivity index (χ1) is 33.4. The molecule has 0 aliphatic heterocycles. The van der Waals surface area contributed by atoms with Gasteiger partial charge in [-0.25, -0.2) is 61.5 Å². The fourth-order valence-corrected chi connectivity index (χ4v) is 11.4. The maximum atomic E-state index is 13.7. The van der Waals surface area contributed by atoms with Crippen LogP contribution >= 0.6 is 0 Å². The number of benzene rings is 5. The molecule has 5 rings (SSSR count). The molecule has 0 saturated heterocycles. The Kier molecular flexibility index (Phi) is 19.5. The lowest BCUT2D eigenvalue weighted by molar-refractivity contribution is -0.140. The number of hydrogen-bond donors (Lipinski definition) is 4. The predicted molar refractivity (Wildman–Crippen MR) is 246 cm³/mol. The van der Waals surface area contributed by atoms with Gasteiger partial charge in [-0.05, 0) is 79.2 Å². The second-order valence-electron chi connectivity index (χ2n) is 15.2. The summed E-state index contributed by atoms with van der Waals surface area (Å²) in [7, 11) is -15.7. The van der Waals surface area contributed by atoms with Gasteiger partial charge in [-0.3, -0.25) is 0 Å². The highest BCUT2D eigenvalue weighted by molar-refractivity contribution is 7.92. The molecule has 0 aliphatic rings. The Morgan fingerprint density at radius 3 is 1.33 bits per heavy atom. The van der Waals surface area contributed by atoms with Gasteiger partial charge in [-0.15, -0.1) is 0 Å². The lowest BCUT2D eigenvalue weighted by Gasteiger charge is -2.19. The van der Waals surface area contributed by atoms with E-state index < -0.39 is 113 Å². The average molecular weight is 1100 g/mol. The zero-order valence-electron chi connectivity index (χ0n) is 38.1. The summed E-state index contributed by atoms with van der Waals surface area (Å²) >= 11 is 0. The Balaban J connectivity index is 0.000000315. The van der Waals surface area contributed by atoms with E-state index in [0.717, 1.165) is 35.9 Å². The van der Waals surface area contributed by atoms with Crippen LogP contribution in [0.1, 0.15) is 30.9 Å². The van der Waals surface area contributed by atoms with Crippen LogP contribution < -0.4 is 20.1 Å². The Morgan fingerprint density at radius 2 is 0.944 bits per heavy atom. The molecular formula is C44H46F8N6O10S4. The van der Waals surface area contributed by atoms with Gasteiger partial charge in [0.1, 0.15) is 11.6 Å². The van der Waals surface area contributed by atoms with E-state index in [1.165, 1.54) is 73.6 Å². The first-order valence-electron chi connectivity index (χ1n) is 20.9. The van der Waals surface area contributed by atoms with E-state index >= 15 is 0 Å². The van der Waals surface area contributed by atoms with E-state index in [1.807, 2.05) is 16.4 Å². The maximum Gasteiger partial charge on any atom is 0.417 e. The molecule has 16 nitrogen and oxygen atoms in total. The monoisotopic (exact) mass is 1100 g/mol. The molecule has 4 N–H and O–H groups in total. The van der Waals surface area contributed by atoms with Crippen LogP contribution in [0.25, 0.3) is 0 Å². The van der Waals surface area contributed by atoms with Gasteiger partial charge in [0.05, 0.1) is 46.2 Å². The molecule has 0 aromatic heterocycles. The number of urea groups is 2. The molecule has 0 heterocycles. The van der Waals surface area contributed by atoms with E-state index in [9.17, 15) is 78.4 Å². The molecule has 5 aromatic rings. The van der Waals surface area contributed by atoms with Crippen LogP contribution in [-0.2, 0) is 52.1 Å². The summed E-state index contributed by atoms with van der Waals surface area (Å²) in [6.45, 7) is 0.916. The maximum absolute atomic E-state index is 13.7. The number of alkyl halides is 6. The summed E-state index contributed by atoms with van der Waals surface area (Å²) in [5.74, 6) is -1.93. The molecular weight excluding hydrogens is 1050 g/mol. The third-order valence-electron chi connectivity index (χ3n) is 9.97. The third kappa shape index (κ3) is 15.4. The number of carbonyl (C=O) groups is 2. The molecule has 0 radical (unpaired) electrons. The number of sulfone groups is 2. The summed E-state index contributed by atoms with van der Waals surface area (Å²) in [4.78, 5) is 22.0. The SMILES string of the molecule is CCCCNC(=O)N(C)CCNS(=O)(=O)c1cc(S(=O)(=O)c2ccccc2)ccc1C(F)(F)F.CN(CCNS(=O)(=O)c1cc(S(=O)(=O)c2ccccc2)ccc1C(F)(F)F)C(=O)Nc1ccc(F)cc1F. The molecule has 0 atom stereocenters. The Bertz CT molecular complexity index is 3170. The van der Waals surface area contributed by atoms with Crippen molar-refractivity contribution >= 4 is 57.5 Å². The lowest BCUT2D eigenvalue weighted by atomic mass is 10.2. The van der Waals surface area contributed by atoms with Crippen LogP contribution in [0.3, 0.4) is 0 Å². The van der Waals surface area contributed by atoms with Crippen molar-refractivity contribution in [2.75, 3.05) is 52.1 Å². The molecule has 392 valence electrons. The Morgan fingerprint density at radius 1 is 0.528 bits per heavy atom. The summed E-state index contributed by atoms with van der Waals surface area (Å²) in [6, 6.07) is 17.8. The second-order valence-corrected chi connectivity index (χ2v) is 22.6. The highest BCUT2D eigenvalue weighted by atomic mass is 32.2. The van der Waals surface area contributed by atoms with E-state index in [1.54, 1.807) is 6.07 Å². The number of carbonyl (C=O) groups excluding carboxylic acids is 2. The zero-order valence-corrected chi connectivity index (χ0v) is 41.3. The quantitative estimate of drug-likeness (QED) is 0.0499. The number of anilines is 1. The van der Waals surface area contributed by atoms with Crippen molar-refractivity contribution in [1.29, 1.82) is 0 Å². The van der Waals surface area contributed by atoms with Crippen molar-refractivity contribution in [3.8, 4) is 0 Å². The minimum atomic E-state index is -5.13. The van der Waals surface area contributed by atoms with E-state index in [4.69, 9.17) is 0 Å². The molecule has 28 heteroatoms. The first-order valence-corrected chi connectivity index (χ1v) is 26.8. The number of likely N-dealkylation sites (N-methyl/N-ethyl adjacent to an activating group) is 2. The van der Waals surface area contributed by atoms with Gasteiger partial charge >= 0.3 is 24.4 Å². The highest BCUT2D eigenvalue weighted by Gasteiger charge is 2.40. The van der Waals surface area contributed by atoms with Crippen molar-refractivity contribution in [1.82, 2.24) is 24.6 Å². The van der Waals surface area contributed by atoms with Crippen molar-refractivity contribution in [2.24, 2.45) is 0 Å². The fraction of sp³-hybridized carbons (Fsp3) is 0.273. The smallest absolute Gasteiger partial charge is 0.338 e. The molecule has 0 fully saturated rings. The van der Waals surface area contributed by atoms with Crippen molar-refractivity contribution < 1.29 is 78.4 Å². The van der Waals surface area contributed by atoms with Crippen LogP contribution in [-0.4, -0.2) is 102 Å². The summed E-state index contributed by atoms with van der Waals surface area (Å²) in [5, 5.41) is 4.76. The van der Waals surface area contributed by atoms with Gasteiger partial charge in [-0.2, -0.15) is 26.3 Å². The molecule has 0 saturated carbocycles. The number of rotatable bonds is 18. The number of sulfonamides is 2. The van der Waals surface area contributed by atoms with Crippen molar-refractivity contribution in [2.45, 2.75) is 61.5 Å². The van der Waals surface area contributed by atoms with Gasteiger partial charge in [0.2, 0.25) is 39.7 Å². The summed E-state index contributed by atoms with van der Waals surface area (Å²) < 4.78 is 215. The normalized spacial score (nSPS) is 12.3. The molecule has 0 bridgehead atoms.